The highest BCUT2D eigenvalue weighted by Gasteiger charge is 2.34. The number of nitrogens with two attached hydrogens (primary N) is 1. The summed E-state index contributed by atoms with van der Waals surface area (Å²) in [6, 6.07) is 1.23. The molecule has 1 saturated carbocycles. The van der Waals surface area contributed by atoms with Crippen LogP contribution in [0.5, 0.6) is 0 Å². The van der Waals surface area contributed by atoms with Crippen LogP contribution in [0.1, 0.15) is 36.2 Å². The van der Waals surface area contributed by atoms with Crippen molar-refractivity contribution < 1.29 is 9.72 Å². The molecule has 0 atom stereocenters. The maximum Gasteiger partial charge on any atom is 0.287 e. The van der Waals surface area contributed by atoms with E-state index in [-0.39, 0.29) is 22.8 Å². The number of nitro groups is 1. The Balaban J connectivity index is 2.09. The average molecular weight is 252 g/mol. The maximum absolute atomic E-state index is 12.0. The smallest absolute Gasteiger partial charge is 0.287 e. The van der Waals surface area contributed by atoms with Gasteiger partial charge in [0, 0.05) is 12.6 Å². The number of amides is 1. The minimum absolute atomic E-state index is 0.117. The molecule has 0 saturated heterocycles. The fraction of sp³-hybridized carbons (Fsp3) is 0.545. The van der Waals surface area contributed by atoms with E-state index >= 15 is 0 Å². The molecule has 7 heteroatoms. The summed E-state index contributed by atoms with van der Waals surface area (Å²) in [5, 5.41) is 13.4. The maximum atomic E-state index is 12.0. The second-order valence-corrected chi connectivity index (χ2v) is 4.67. The van der Waals surface area contributed by atoms with Crippen molar-refractivity contribution >= 4 is 11.6 Å². The van der Waals surface area contributed by atoms with Gasteiger partial charge in [0.15, 0.2) is 0 Å². The van der Waals surface area contributed by atoms with E-state index in [1.807, 2.05) is 0 Å². The number of carbonyl (C=O) groups is 1. The van der Waals surface area contributed by atoms with Crippen molar-refractivity contribution in [2.75, 3.05) is 6.54 Å². The van der Waals surface area contributed by atoms with Crippen molar-refractivity contribution in [2.45, 2.75) is 31.2 Å². The number of rotatable bonds is 4. The molecule has 0 bridgehead atoms. The van der Waals surface area contributed by atoms with Crippen LogP contribution >= 0.6 is 0 Å². The first-order valence-electron chi connectivity index (χ1n) is 5.92. The Kier molecular flexibility index (Phi) is 3.33. The normalized spacial score (nSPS) is 17.6. The van der Waals surface area contributed by atoms with Crippen LogP contribution in [0.4, 0.5) is 5.69 Å². The topological polar surface area (TPSA) is 114 Å². The van der Waals surface area contributed by atoms with Crippen LogP contribution in [-0.4, -0.2) is 27.9 Å². The average Bonchev–Trinajstić information content (AvgIpc) is 2.98. The van der Waals surface area contributed by atoms with Crippen LogP contribution in [-0.2, 0) is 0 Å². The van der Waals surface area contributed by atoms with Gasteiger partial charge in [0.05, 0.1) is 16.7 Å². The van der Waals surface area contributed by atoms with Crippen LogP contribution in [0.3, 0.4) is 0 Å². The van der Waals surface area contributed by atoms with E-state index in [2.05, 4.69) is 10.3 Å². The molecule has 1 amide bonds. The Labute approximate surface area is 104 Å². The van der Waals surface area contributed by atoms with Gasteiger partial charge in [-0.1, -0.05) is 12.8 Å². The van der Waals surface area contributed by atoms with Crippen LogP contribution in [0.2, 0.25) is 0 Å². The zero-order valence-corrected chi connectivity index (χ0v) is 9.94. The Morgan fingerprint density at radius 3 is 2.72 bits per heavy atom. The van der Waals surface area contributed by atoms with Gasteiger partial charge < -0.3 is 16.0 Å². The number of nitrogens with one attached hydrogen (secondary N) is 2. The summed E-state index contributed by atoms with van der Waals surface area (Å²) in [7, 11) is 0. The molecule has 1 aliphatic carbocycles. The highest BCUT2D eigenvalue weighted by molar-refractivity contribution is 5.93. The number of aromatic amines is 1. The standard InChI is InChI=1S/C11H16N4O3/c12-7-11(3-1-2-4-11)14-10(16)9-5-8(6-13-9)15(17)18/h5-6,13H,1-4,7,12H2,(H,14,16). The van der Waals surface area contributed by atoms with E-state index in [1.54, 1.807) is 0 Å². The fourth-order valence-corrected chi connectivity index (χ4v) is 2.36. The third kappa shape index (κ3) is 2.35. The Bertz CT molecular complexity index is 463. The van der Waals surface area contributed by atoms with Crippen molar-refractivity contribution in [1.82, 2.24) is 10.3 Å². The summed E-state index contributed by atoms with van der Waals surface area (Å²) in [4.78, 5) is 24.6. The van der Waals surface area contributed by atoms with Gasteiger partial charge in [0.1, 0.15) is 5.69 Å². The molecule has 0 spiro atoms. The number of nitrogens with zero attached hydrogens (tertiary/aromatic N) is 1. The van der Waals surface area contributed by atoms with Crippen molar-refractivity contribution in [3.63, 3.8) is 0 Å². The third-order valence-corrected chi connectivity index (χ3v) is 3.45. The van der Waals surface area contributed by atoms with E-state index in [4.69, 9.17) is 5.73 Å². The quantitative estimate of drug-likeness (QED) is 0.546. The molecule has 1 fully saturated rings. The van der Waals surface area contributed by atoms with Crippen LogP contribution < -0.4 is 11.1 Å². The van der Waals surface area contributed by atoms with Gasteiger partial charge >= 0.3 is 0 Å². The van der Waals surface area contributed by atoms with Gasteiger partial charge in [0.2, 0.25) is 0 Å². The van der Waals surface area contributed by atoms with Crippen LogP contribution in [0.15, 0.2) is 12.3 Å². The monoisotopic (exact) mass is 252 g/mol. The summed E-state index contributed by atoms with van der Waals surface area (Å²) < 4.78 is 0. The summed E-state index contributed by atoms with van der Waals surface area (Å²) in [6.45, 7) is 0.390. The summed E-state index contributed by atoms with van der Waals surface area (Å²) in [5.41, 5.74) is 5.44. The van der Waals surface area contributed by atoms with E-state index < -0.39 is 4.92 Å². The second-order valence-electron chi connectivity index (χ2n) is 4.67. The molecular formula is C11H16N4O3. The number of carbonyl (C=O) groups excluding carboxylic acids is 1. The molecule has 0 radical (unpaired) electrons. The summed E-state index contributed by atoms with van der Waals surface area (Å²) >= 11 is 0. The molecule has 0 aromatic carbocycles. The van der Waals surface area contributed by atoms with Gasteiger partial charge in [-0.25, -0.2) is 0 Å². The molecule has 2 rings (SSSR count). The molecule has 18 heavy (non-hydrogen) atoms. The minimum Gasteiger partial charge on any atom is -0.351 e. The number of hydrogen-bond acceptors (Lipinski definition) is 4. The Morgan fingerprint density at radius 1 is 1.56 bits per heavy atom. The first kappa shape index (κ1) is 12.6. The van der Waals surface area contributed by atoms with E-state index in [0.717, 1.165) is 25.7 Å². The SMILES string of the molecule is NCC1(NC(=O)c2cc([N+](=O)[O-])c[nH]2)CCCC1. The molecule has 1 aliphatic rings. The largest absolute Gasteiger partial charge is 0.351 e. The second kappa shape index (κ2) is 4.77. The lowest BCUT2D eigenvalue weighted by molar-refractivity contribution is -0.384. The van der Waals surface area contributed by atoms with Crippen molar-refractivity contribution in [3.05, 3.63) is 28.1 Å². The molecular weight excluding hydrogens is 236 g/mol. The molecule has 0 aliphatic heterocycles. The van der Waals surface area contributed by atoms with Gasteiger partial charge in [-0.05, 0) is 12.8 Å². The predicted octanol–water partition coefficient (Wildman–Crippen LogP) is 0.924. The minimum atomic E-state index is -0.540. The molecule has 1 heterocycles. The highest BCUT2D eigenvalue weighted by Crippen LogP contribution is 2.29. The molecule has 98 valence electrons. The Morgan fingerprint density at radius 2 is 2.22 bits per heavy atom. The molecule has 1 aromatic rings. The van der Waals surface area contributed by atoms with Gasteiger partial charge in [-0.2, -0.15) is 0 Å². The highest BCUT2D eigenvalue weighted by atomic mass is 16.6. The van der Waals surface area contributed by atoms with Crippen LogP contribution in [0.25, 0.3) is 0 Å². The lowest BCUT2D eigenvalue weighted by Gasteiger charge is -2.28. The van der Waals surface area contributed by atoms with Gasteiger partial charge in [-0.3, -0.25) is 14.9 Å². The first-order valence-corrected chi connectivity index (χ1v) is 5.92. The molecule has 4 N–H and O–H groups in total. The van der Waals surface area contributed by atoms with Crippen LogP contribution in [0, 0.1) is 10.1 Å². The summed E-state index contributed by atoms with van der Waals surface area (Å²) in [6.07, 6.45) is 5.01. The van der Waals surface area contributed by atoms with Crippen molar-refractivity contribution in [1.29, 1.82) is 0 Å². The van der Waals surface area contributed by atoms with Gasteiger partial charge in [-0.15, -0.1) is 0 Å². The van der Waals surface area contributed by atoms with E-state index in [1.165, 1.54) is 12.3 Å². The number of hydrogen-bond donors (Lipinski definition) is 3. The first-order chi connectivity index (χ1) is 8.56. The number of aromatic nitrogens is 1. The predicted molar refractivity (Wildman–Crippen MR) is 65.2 cm³/mol. The fourth-order valence-electron chi connectivity index (χ4n) is 2.36. The molecule has 7 nitrogen and oxygen atoms in total. The van der Waals surface area contributed by atoms with E-state index in [9.17, 15) is 14.9 Å². The number of H-pyrrole nitrogens is 1. The van der Waals surface area contributed by atoms with Gasteiger partial charge in [0.25, 0.3) is 11.6 Å². The van der Waals surface area contributed by atoms with E-state index in [0.29, 0.717) is 6.54 Å². The third-order valence-electron chi connectivity index (χ3n) is 3.45. The van der Waals surface area contributed by atoms with Crippen molar-refractivity contribution in [3.8, 4) is 0 Å². The Hall–Kier alpha value is -1.89. The molecule has 1 aromatic heterocycles. The summed E-state index contributed by atoms with van der Waals surface area (Å²) in [5.74, 6) is -0.338. The lowest BCUT2D eigenvalue weighted by Crippen LogP contribution is -2.51. The zero-order chi connectivity index (χ0) is 13.2. The molecule has 0 unspecified atom stereocenters. The lowest BCUT2D eigenvalue weighted by atomic mass is 9.97. The zero-order valence-electron chi connectivity index (χ0n) is 9.94. The van der Waals surface area contributed by atoms with Crippen molar-refractivity contribution in [2.24, 2.45) is 5.73 Å².